The van der Waals surface area contributed by atoms with Crippen molar-refractivity contribution in [3.63, 3.8) is 0 Å². The van der Waals surface area contributed by atoms with E-state index in [9.17, 15) is 10.0 Å². The van der Waals surface area contributed by atoms with E-state index in [-0.39, 0.29) is 5.96 Å². The van der Waals surface area contributed by atoms with Crippen LogP contribution in [0.15, 0.2) is 58.5 Å². The summed E-state index contributed by atoms with van der Waals surface area (Å²) in [5, 5.41) is 18.5. The number of rotatable bonds is 4. The predicted octanol–water partition coefficient (Wildman–Crippen LogP) is 1.27. The van der Waals surface area contributed by atoms with Gasteiger partial charge in [0.15, 0.2) is 5.75 Å². The molecule has 1 saturated carbocycles. The molecule has 0 unspecified atom stereocenters. The summed E-state index contributed by atoms with van der Waals surface area (Å²) in [6.07, 6.45) is 4.90. The average Bonchev–Trinajstić information content (AvgIpc) is 2.69. The summed E-state index contributed by atoms with van der Waals surface area (Å²) in [6.45, 7) is 0. The quantitative estimate of drug-likeness (QED) is 0.579. The van der Waals surface area contributed by atoms with Gasteiger partial charge in [-0.05, 0) is 55.4 Å². The summed E-state index contributed by atoms with van der Waals surface area (Å²) in [5.41, 5.74) is 12.9. The molecule has 1 spiro atoms. The minimum Gasteiger partial charge on any atom is -0.455 e. The van der Waals surface area contributed by atoms with Gasteiger partial charge in [-0.15, -0.1) is 0 Å². The lowest BCUT2D eigenvalue weighted by molar-refractivity contribution is 0.304. The Labute approximate surface area is 169 Å². The smallest absolute Gasteiger partial charge is 0.455 e. The number of ether oxygens (including phenoxy) is 1. The molecular formula is C20H24BN5O3. The third kappa shape index (κ3) is 3.79. The van der Waals surface area contributed by atoms with Gasteiger partial charge < -0.3 is 26.3 Å². The van der Waals surface area contributed by atoms with E-state index in [1.165, 1.54) is 0 Å². The van der Waals surface area contributed by atoms with Crippen LogP contribution in [0.25, 0.3) is 0 Å². The van der Waals surface area contributed by atoms with Crippen molar-refractivity contribution in [1.82, 2.24) is 0 Å². The zero-order chi connectivity index (χ0) is 20.4. The molecule has 4 rings (SSSR count). The van der Waals surface area contributed by atoms with Gasteiger partial charge in [-0.2, -0.15) is 4.99 Å². The first kappa shape index (κ1) is 19.3. The molecule has 2 aromatic carbocycles. The topological polar surface area (TPSA) is 130 Å². The van der Waals surface area contributed by atoms with Crippen molar-refractivity contribution < 1.29 is 14.8 Å². The molecule has 0 aromatic heterocycles. The largest absolute Gasteiger partial charge is 0.488 e. The number of guanidine groups is 2. The SMILES string of the molecule is NC1=NC2(CCCCC2)N(c2ccccc2Oc2ccc(B(O)O)cc2)C(N)=N1. The van der Waals surface area contributed by atoms with Crippen molar-refractivity contribution >= 4 is 30.2 Å². The first-order valence-corrected chi connectivity index (χ1v) is 9.71. The van der Waals surface area contributed by atoms with Gasteiger partial charge in [0.2, 0.25) is 11.9 Å². The minimum absolute atomic E-state index is 0.206. The molecule has 150 valence electrons. The van der Waals surface area contributed by atoms with Crippen LogP contribution in [-0.4, -0.2) is 34.7 Å². The molecule has 6 N–H and O–H groups in total. The highest BCUT2D eigenvalue weighted by Gasteiger charge is 2.43. The maximum Gasteiger partial charge on any atom is 0.488 e. The molecule has 1 aliphatic carbocycles. The van der Waals surface area contributed by atoms with Gasteiger partial charge in [-0.3, -0.25) is 4.90 Å². The highest BCUT2D eigenvalue weighted by atomic mass is 16.5. The zero-order valence-corrected chi connectivity index (χ0v) is 16.0. The van der Waals surface area contributed by atoms with E-state index in [2.05, 4.69) is 4.99 Å². The molecule has 0 amide bonds. The van der Waals surface area contributed by atoms with Crippen molar-refractivity contribution in [2.75, 3.05) is 4.90 Å². The van der Waals surface area contributed by atoms with Gasteiger partial charge in [0, 0.05) is 0 Å². The van der Waals surface area contributed by atoms with Crippen LogP contribution < -0.4 is 26.6 Å². The van der Waals surface area contributed by atoms with Crippen LogP contribution in [-0.2, 0) is 0 Å². The normalized spacial score (nSPS) is 18.2. The third-order valence-corrected chi connectivity index (χ3v) is 5.36. The second-order valence-electron chi connectivity index (χ2n) is 7.33. The van der Waals surface area contributed by atoms with Crippen molar-refractivity contribution in [1.29, 1.82) is 0 Å². The predicted molar refractivity (Wildman–Crippen MR) is 114 cm³/mol. The monoisotopic (exact) mass is 393 g/mol. The fourth-order valence-corrected chi connectivity index (χ4v) is 4.03. The number of anilines is 1. The van der Waals surface area contributed by atoms with Crippen molar-refractivity contribution in [3.05, 3.63) is 48.5 Å². The fraction of sp³-hybridized carbons (Fsp3) is 0.300. The van der Waals surface area contributed by atoms with Crippen molar-refractivity contribution in [2.24, 2.45) is 21.5 Å². The Morgan fingerprint density at radius 1 is 0.966 bits per heavy atom. The van der Waals surface area contributed by atoms with Gasteiger partial charge >= 0.3 is 7.12 Å². The molecule has 0 radical (unpaired) electrons. The number of aliphatic imine (C=N–C) groups is 2. The van der Waals surface area contributed by atoms with E-state index in [1.54, 1.807) is 24.3 Å². The second kappa shape index (κ2) is 7.77. The standard InChI is InChI=1S/C20H24BN5O3/c22-18-24-19(23)26(20(25-18)12-4-1-5-13-20)16-6-2-3-7-17(16)29-15-10-8-14(9-11-15)21(27)28/h2-3,6-11,27-28H,1,4-5,12-13H2,(H4,22,23,24,25). The lowest BCUT2D eigenvalue weighted by Crippen LogP contribution is -2.58. The van der Waals surface area contributed by atoms with Crippen molar-refractivity contribution in [3.8, 4) is 11.5 Å². The molecule has 9 heteroatoms. The van der Waals surface area contributed by atoms with Crippen LogP contribution in [0.5, 0.6) is 11.5 Å². The zero-order valence-electron chi connectivity index (χ0n) is 16.0. The highest BCUT2D eigenvalue weighted by Crippen LogP contribution is 2.43. The summed E-state index contributed by atoms with van der Waals surface area (Å²) >= 11 is 0. The van der Waals surface area contributed by atoms with Crippen LogP contribution in [0.2, 0.25) is 0 Å². The Kier molecular flexibility index (Phi) is 5.17. The first-order valence-electron chi connectivity index (χ1n) is 9.71. The van der Waals surface area contributed by atoms with E-state index >= 15 is 0 Å². The highest BCUT2D eigenvalue weighted by molar-refractivity contribution is 6.58. The number of hydrogen-bond acceptors (Lipinski definition) is 8. The Morgan fingerprint density at radius 2 is 1.66 bits per heavy atom. The number of benzene rings is 2. The van der Waals surface area contributed by atoms with Crippen molar-refractivity contribution in [2.45, 2.75) is 37.8 Å². The molecule has 8 nitrogen and oxygen atoms in total. The molecule has 29 heavy (non-hydrogen) atoms. The van der Waals surface area contributed by atoms with Gasteiger partial charge in [0.05, 0.1) is 5.69 Å². The number of hydrogen-bond donors (Lipinski definition) is 4. The van der Waals surface area contributed by atoms with Gasteiger partial charge in [0.1, 0.15) is 11.4 Å². The van der Waals surface area contributed by atoms with Crippen LogP contribution in [0.4, 0.5) is 5.69 Å². The third-order valence-electron chi connectivity index (χ3n) is 5.36. The first-order chi connectivity index (χ1) is 14.0. The van der Waals surface area contributed by atoms with Crippen LogP contribution in [0, 0.1) is 0 Å². The summed E-state index contributed by atoms with van der Waals surface area (Å²) in [7, 11) is -1.52. The fourth-order valence-electron chi connectivity index (χ4n) is 4.03. The molecule has 2 aliphatic rings. The molecule has 2 aromatic rings. The van der Waals surface area contributed by atoms with E-state index in [4.69, 9.17) is 21.2 Å². The Balaban J connectivity index is 1.70. The summed E-state index contributed by atoms with van der Waals surface area (Å²) in [4.78, 5) is 10.8. The molecular weight excluding hydrogens is 369 g/mol. The summed E-state index contributed by atoms with van der Waals surface area (Å²) in [5.74, 6) is 1.67. The summed E-state index contributed by atoms with van der Waals surface area (Å²) < 4.78 is 6.11. The lowest BCUT2D eigenvalue weighted by Gasteiger charge is -2.45. The molecule has 0 atom stereocenters. The average molecular weight is 393 g/mol. The molecule has 0 saturated heterocycles. The van der Waals surface area contributed by atoms with Gasteiger partial charge in [0.25, 0.3) is 0 Å². The van der Waals surface area contributed by atoms with Gasteiger partial charge in [-0.1, -0.05) is 30.7 Å². The van der Waals surface area contributed by atoms with E-state index in [0.29, 0.717) is 22.9 Å². The molecule has 1 fully saturated rings. The second-order valence-corrected chi connectivity index (χ2v) is 7.33. The van der Waals surface area contributed by atoms with E-state index < -0.39 is 12.8 Å². The summed E-state index contributed by atoms with van der Waals surface area (Å²) in [6, 6.07) is 14.2. The maximum atomic E-state index is 9.27. The van der Waals surface area contributed by atoms with E-state index in [0.717, 1.165) is 37.8 Å². The molecule has 1 aliphatic heterocycles. The number of para-hydroxylation sites is 2. The van der Waals surface area contributed by atoms with Gasteiger partial charge in [-0.25, -0.2) is 4.99 Å². The lowest BCUT2D eigenvalue weighted by atomic mass is 9.80. The Hall–Kier alpha value is -3.04. The van der Waals surface area contributed by atoms with Crippen LogP contribution >= 0.6 is 0 Å². The van der Waals surface area contributed by atoms with Crippen LogP contribution in [0.1, 0.15) is 32.1 Å². The minimum atomic E-state index is -1.52. The number of nitrogens with zero attached hydrogens (tertiary/aromatic N) is 3. The van der Waals surface area contributed by atoms with E-state index in [1.807, 2.05) is 29.2 Å². The van der Waals surface area contributed by atoms with Crippen LogP contribution in [0.3, 0.4) is 0 Å². The molecule has 0 bridgehead atoms. The molecule has 1 heterocycles. The maximum absolute atomic E-state index is 9.27. The Bertz CT molecular complexity index is 939. The number of nitrogens with two attached hydrogens (primary N) is 2. The Morgan fingerprint density at radius 3 is 2.34 bits per heavy atom.